The predicted octanol–water partition coefficient (Wildman–Crippen LogP) is 1.38. The van der Waals surface area contributed by atoms with Crippen LogP contribution >= 0.6 is 0 Å². The molecule has 0 amide bonds. The van der Waals surface area contributed by atoms with Gasteiger partial charge in [0.2, 0.25) is 0 Å². The van der Waals surface area contributed by atoms with Crippen molar-refractivity contribution in [2.45, 2.75) is 109 Å². The maximum atomic E-state index is 11.1. The maximum absolute atomic E-state index is 11.1. The SMILES string of the molecule is CCCCC(O)CCCCCCCCC(CCC)S(=O)(=O)[O-].[Na+]. The Labute approximate surface area is 165 Å². The summed E-state index contributed by atoms with van der Waals surface area (Å²) in [5, 5.41) is 9.03. The second-order valence-electron chi connectivity index (χ2n) is 6.40. The number of aliphatic hydroxyl groups is 1. The minimum absolute atomic E-state index is 0. The molecule has 23 heavy (non-hydrogen) atoms. The molecule has 0 aromatic rings. The largest absolute Gasteiger partial charge is 1.00 e. The van der Waals surface area contributed by atoms with Crippen molar-refractivity contribution in [2.75, 3.05) is 0 Å². The molecule has 0 aromatic heterocycles. The molecule has 0 fully saturated rings. The topological polar surface area (TPSA) is 77.4 Å². The maximum Gasteiger partial charge on any atom is 1.00 e. The van der Waals surface area contributed by atoms with Gasteiger partial charge in [0.25, 0.3) is 0 Å². The van der Waals surface area contributed by atoms with Crippen molar-refractivity contribution < 1.29 is 47.6 Å². The molecule has 2 unspecified atom stereocenters. The fourth-order valence-electron chi connectivity index (χ4n) is 2.80. The van der Waals surface area contributed by atoms with Crippen molar-refractivity contribution in [3.63, 3.8) is 0 Å². The van der Waals surface area contributed by atoms with Crippen LogP contribution in [-0.4, -0.2) is 29.4 Å². The Hall–Kier alpha value is 0.870. The summed E-state index contributed by atoms with van der Waals surface area (Å²) in [4.78, 5) is 0. The number of hydrogen-bond donors (Lipinski definition) is 1. The molecule has 2 atom stereocenters. The van der Waals surface area contributed by atoms with Gasteiger partial charge < -0.3 is 9.66 Å². The van der Waals surface area contributed by atoms with Crippen molar-refractivity contribution in [3.05, 3.63) is 0 Å². The molecule has 0 radical (unpaired) electrons. The molecule has 0 aliphatic heterocycles. The Morgan fingerprint density at radius 3 is 1.74 bits per heavy atom. The number of aliphatic hydroxyl groups excluding tert-OH is 1. The van der Waals surface area contributed by atoms with E-state index in [2.05, 4.69) is 6.92 Å². The zero-order valence-corrected chi connectivity index (χ0v) is 18.2. The molecule has 0 heterocycles. The molecule has 0 saturated carbocycles. The third-order valence-corrected chi connectivity index (χ3v) is 5.51. The third kappa shape index (κ3) is 16.1. The molecule has 0 spiro atoms. The van der Waals surface area contributed by atoms with E-state index in [4.69, 9.17) is 0 Å². The normalized spacial score (nSPS) is 14.3. The van der Waals surface area contributed by atoms with E-state index in [0.29, 0.717) is 12.8 Å². The summed E-state index contributed by atoms with van der Waals surface area (Å²) in [5.41, 5.74) is 0. The van der Waals surface area contributed by atoms with Gasteiger partial charge in [0.1, 0.15) is 0 Å². The molecule has 0 bridgehead atoms. The second-order valence-corrected chi connectivity index (χ2v) is 8.05. The zero-order chi connectivity index (χ0) is 16.8. The van der Waals surface area contributed by atoms with Crippen LogP contribution in [0.4, 0.5) is 0 Å². The molecule has 0 aliphatic carbocycles. The average Bonchev–Trinajstić information content (AvgIpc) is 2.45. The molecule has 0 rings (SSSR count). The number of hydrogen-bond acceptors (Lipinski definition) is 4. The number of unbranched alkanes of at least 4 members (excludes halogenated alkanes) is 6. The summed E-state index contributed by atoms with van der Waals surface area (Å²) < 4.78 is 33.3. The summed E-state index contributed by atoms with van der Waals surface area (Å²) >= 11 is 0. The average molecular weight is 359 g/mol. The van der Waals surface area contributed by atoms with Crippen LogP contribution in [0.25, 0.3) is 0 Å². The van der Waals surface area contributed by atoms with Gasteiger partial charge in [-0.25, -0.2) is 8.42 Å². The zero-order valence-electron chi connectivity index (χ0n) is 15.4. The van der Waals surface area contributed by atoms with Crippen LogP contribution in [0.3, 0.4) is 0 Å². The van der Waals surface area contributed by atoms with Gasteiger partial charge in [-0.3, -0.25) is 0 Å². The van der Waals surface area contributed by atoms with Crippen molar-refractivity contribution in [2.24, 2.45) is 0 Å². The van der Waals surface area contributed by atoms with Gasteiger partial charge in [-0.2, -0.15) is 0 Å². The fourth-order valence-corrected chi connectivity index (χ4v) is 3.78. The van der Waals surface area contributed by atoms with Crippen molar-refractivity contribution in [1.29, 1.82) is 0 Å². The smallest absolute Gasteiger partial charge is 0.748 e. The minimum Gasteiger partial charge on any atom is -0.748 e. The third-order valence-electron chi connectivity index (χ3n) is 4.22. The van der Waals surface area contributed by atoms with Crippen LogP contribution in [0.2, 0.25) is 0 Å². The van der Waals surface area contributed by atoms with Gasteiger partial charge in [0.15, 0.2) is 0 Å². The molecule has 0 aliphatic rings. The van der Waals surface area contributed by atoms with Crippen LogP contribution in [0.1, 0.15) is 97.3 Å². The van der Waals surface area contributed by atoms with Crippen LogP contribution in [0.15, 0.2) is 0 Å². The predicted molar refractivity (Wildman–Crippen MR) is 90.9 cm³/mol. The standard InChI is InChI=1S/C17H36O4S.Na/c1-3-5-13-16(18)14-10-8-6-7-9-11-15-17(12-4-2)22(19,20)21;/h16-18H,3-15H2,1-2H3,(H,19,20,21);/q;+1/p-1. The molecular formula is C17H35NaO4S. The first kappa shape index (κ1) is 26.1. The minimum atomic E-state index is -4.12. The fraction of sp³-hybridized carbons (Fsp3) is 1.00. The quantitative estimate of drug-likeness (QED) is 0.272. The summed E-state index contributed by atoms with van der Waals surface area (Å²) in [7, 11) is -4.12. The van der Waals surface area contributed by atoms with Gasteiger partial charge >= 0.3 is 29.6 Å². The number of rotatable bonds is 15. The van der Waals surface area contributed by atoms with E-state index in [0.717, 1.165) is 70.6 Å². The van der Waals surface area contributed by atoms with Crippen LogP contribution in [-0.2, 0) is 10.1 Å². The van der Waals surface area contributed by atoms with E-state index in [1.165, 1.54) is 0 Å². The van der Waals surface area contributed by atoms with E-state index in [1.807, 2.05) is 6.92 Å². The van der Waals surface area contributed by atoms with E-state index < -0.39 is 15.4 Å². The summed E-state index contributed by atoms with van der Waals surface area (Å²) in [6.45, 7) is 4.04. The second kappa shape index (κ2) is 16.3. The molecule has 0 aromatic carbocycles. The van der Waals surface area contributed by atoms with Crippen molar-refractivity contribution in [1.82, 2.24) is 0 Å². The molecule has 6 heteroatoms. The molecular weight excluding hydrogens is 323 g/mol. The Morgan fingerprint density at radius 1 is 0.783 bits per heavy atom. The molecule has 1 N–H and O–H groups in total. The van der Waals surface area contributed by atoms with Crippen molar-refractivity contribution >= 4 is 10.1 Å². The summed E-state index contributed by atoms with van der Waals surface area (Å²) in [6.07, 6.45) is 11.9. The Kier molecular flexibility index (Phi) is 18.5. The summed E-state index contributed by atoms with van der Waals surface area (Å²) in [6, 6.07) is 0. The van der Waals surface area contributed by atoms with Crippen LogP contribution < -0.4 is 29.6 Å². The van der Waals surface area contributed by atoms with E-state index in [-0.39, 0.29) is 35.7 Å². The molecule has 0 saturated heterocycles. The van der Waals surface area contributed by atoms with Crippen molar-refractivity contribution in [3.8, 4) is 0 Å². The van der Waals surface area contributed by atoms with Crippen LogP contribution in [0.5, 0.6) is 0 Å². The van der Waals surface area contributed by atoms with Gasteiger partial charge in [0, 0.05) is 5.25 Å². The van der Waals surface area contributed by atoms with Gasteiger partial charge in [-0.05, 0) is 25.7 Å². The monoisotopic (exact) mass is 358 g/mol. The molecule has 4 nitrogen and oxygen atoms in total. The van der Waals surface area contributed by atoms with Crippen LogP contribution in [0, 0.1) is 0 Å². The molecule has 134 valence electrons. The Balaban J connectivity index is 0. The first-order valence-corrected chi connectivity index (χ1v) is 10.5. The summed E-state index contributed by atoms with van der Waals surface area (Å²) in [5.74, 6) is 0. The van der Waals surface area contributed by atoms with Gasteiger partial charge in [-0.1, -0.05) is 71.6 Å². The van der Waals surface area contributed by atoms with Gasteiger partial charge in [-0.15, -0.1) is 0 Å². The first-order chi connectivity index (χ1) is 10.4. The first-order valence-electron chi connectivity index (χ1n) is 9.04. The van der Waals surface area contributed by atoms with E-state index in [9.17, 15) is 18.1 Å². The Bertz CT molecular complexity index is 347. The van der Waals surface area contributed by atoms with E-state index in [1.54, 1.807) is 0 Å². The van der Waals surface area contributed by atoms with E-state index >= 15 is 0 Å². The van der Waals surface area contributed by atoms with Gasteiger partial charge in [0.05, 0.1) is 16.2 Å². The Morgan fingerprint density at radius 2 is 1.26 bits per heavy atom.